The smallest absolute Gasteiger partial charge is 0.146 e. The third-order valence-electron chi connectivity index (χ3n) is 4.38. The summed E-state index contributed by atoms with van der Waals surface area (Å²) in [7, 11) is 1.74. The third-order valence-corrected chi connectivity index (χ3v) is 4.38. The van der Waals surface area contributed by atoms with Gasteiger partial charge in [-0.05, 0) is 19.4 Å². The van der Waals surface area contributed by atoms with Gasteiger partial charge in [-0.3, -0.25) is 0 Å². The van der Waals surface area contributed by atoms with Gasteiger partial charge < -0.3 is 19.8 Å². The minimum atomic E-state index is -0.275. The maximum atomic E-state index is 5.99. The van der Waals surface area contributed by atoms with E-state index in [1.165, 1.54) is 6.33 Å². The molecule has 0 amide bonds. The summed E-state index contributed by atoms with van der Waals surface area (Å²) in [4.78, 5) is 8.50. The van der Waals surface area contributed by atoms with Gasteiger partial charge in [0.15, 0.2) is 0 Å². The van der Waals surface area contributed by atoms with Crippen LogP contribution in [0.15, 0.2) is 6.33 Å². The first kappa shape index (κ1) is 13.3. The van der Waals surface area contributed by atoms with Crippen LogP contribution in [-0.4, -0.2) is 40.5 Å². The Kier molecular flexibility index (Phi) is 3.14. The van der Waals surface area contributed by atoms with E-state index in [9.17, 15) is 0 Å². The van der Waals surface area contributed by atoms with Gasteiger partial charge in [0.05, 0.1) is 18.5 Å². The van der Waals surface area contributed by atoms with E-state index in [0.717, 1.165) is 41.9 Å². The van der Waals surface area contributed by atoms with E-state index in [0.29, 0.717) is 12.4 Å². The molecule has 1 unspecified atom stereocenters. The van der Waals surface area contributed by atoms with Gasteiger partial charge in [-0.2, -0.15) is 0 Å². The number of hydrogen-bond donors (Lipinski definition) is 1. The monoisotopic (exact) mass is 276 g/mol. The molecule has 0 spiro atoms. The van der Waals surface area contributed by atoms with E-state index >= 15 is 0 Å². The van der Waals surface area contributed by atoms with E-state index < -0.39 is 0 Å². The summed E-state index contributed by atoms with van der Waals surface area (Å²) in [5.74, 6) is 0.531. The summed E-state index contributed by atoms with van der Waals surface area (Å²) in [6.07, 6.45) is 2.40. The maximum absolute atomic E-state index is 5.99. The molecule has 3 rings (SSSR count). The molecule has 2 aromatic rings. The second kappa shape index (κ2) is 4.71. The average molecular weight is 276 g/mol. The van der Waals surface area contributed by atoms with Crippen LogP contribution in [0.2, 0.25) is 0 Å². The average Bonchev–Trinajstić information content (AvgIpc) is 3.00. The van der Waals surface area contributed by atoms with Crippen molar-refractivity contribution in [3.05, 3.63) is 17.6 Å². The molecule has 0 bridgehead atoms. The Morgan fingerprint density at radius 3 is 2.90 bits per heavy atom. The predicted molar refractivity (Wildman–Crippen MR) is 76.6 cm³/mol. The lowest BCUT2D eigenvalue weighted by atomic mass is 10.0. The van der Waals surface area contributed by atoms with Gasteiger partial charge in [0.1, 0.15) is 23.4 Å². The number of anilines is 1. The molecule has 2 N–H and O–H groups in total. The van der Waals surface area contributed by atoms with Crippen molar-refractivity contribution in [2.45, 2.75) is 32.4 Å². The molecule has 0 radical (unpaired) electrons. The fourth-order valence-corrected chi connectivity index (χ4v) is 2.92. The van der Waals surface area contributed by atoms with Crippen molar-refractivity contribution in [2.75, 3.05) is 26.1 Å². The second-order valence-electron chi connectivity index (χ2n) is 5.44. The van der Waals surface area contributed by atoms with Crippen LogP contribution >= 0.6 is 0 Å². The van der Waals surface area contributed by atoms with Crippen molar-refractivity contribution in [1.29, 1.82) is 0 Å². The number of nitrogen functional groups attached to an aromatic ring is 1. The molecule has 2 aromatic heterocycles. The van der Waals surface area contributed by atoms with E-state index in [2.05, 4.69) is 28.4 Å². The number of nitrogens with zero attached hydrogens (tertiary/aromatic N) is 3. The standard InChI is InChI=1S/C14H20N4O2/c1-9-10(2)18(6-14(19-3)4-5-20-7-14)13-11(9)12(15)16-8-17-13/h8H,4-7H2,1-3H3,(H2,15,16,17). The Bertz CT molecular complexity index is 644. The number of nitrogens with two attached hydrogens (primary N) is 1. The number of fused-ring (bicyclic) bond motifs is 1. The molecule has 1 fully saturated rings. The summed E-state index contributed by atoms with van der Waals surface area (Å²) in [5, 5.41) is 0.940. The molecule has 1 aliphatic rings. The summed E-state index contributed by atoms with van der Waals surface area (Å²) < 4.78 is 13.4. The molecule has 1 aliphatic heterocycles. The molecule has 0 aromatic carbocycles. The molecular weight excluding hydrogens is 256 g/mol. The Morgan fingerprint density at radius 2 is 2.25 bits per heavy atom. The first-order chi connectivity index (χ1) is 9.58. The van der Waals surface area contributed by atoms with Gasteiger partial charge in [-0.1, -0.05) is 0 Å². The van der Waals surface area contributed by atoms with Crippen molar-refractivity contribution < 1.29 is 9.47 Å². The van der Waals surface area contributed by atoms with Crippen LogP contribution in [0.3, 0.4) is 0 Å². The zero-order valence-electron chi connectivity index (χ0n) is 12.1. The molecular formula is C14H20N4O2. The molecule has 6 nitrogen and oxygen atoms in total. The number of ether oxygens (including phenoxy) is 2. The van der Waals surface area contributed by atoms with E-state index in [1.807, 2.05) is 0 Å². The van der Waals surface area contributed by atoms with Crippen LogP contribution in [0.5, 0.6) is 0 Å². The largest absolute Gasteiger partial charge is 0.383 e. The molecule has 6 heteroatoms. The fraction of sp³-hybridized carbons (Fsp3) is 0.571. The van der Waals surface area contributed by atoms with Gasteiger partial charge in [0, 0.05) is 25.8 Å². The second-order valence-corrected chi connectivity index (χ2v) is 5.44. The normalized spacial score (nSPS) is 22.8. The number of aromatic nitrogens is 3. The van der Waals surface area contributed by atoms with Crippen LogP contribution in [0.1, 0.15) is 17.7 Å². The van der Waals surface area contributed by atoms with Crippen LogP contribution in [-0.2, 0) is 16.0 Å². The minimum Gasteiger partial charge on any atom is -0.383 e. The lowest BCUT2D eigenvalue weighted by Crippen LogP contribution is -2.37. The van der Waals surface area contributed by atoms with Crippen molar-refractivity contribution >= 4 is 16.9 Å². The van der Waals surface area contributed by atoms with Gasteiger partial charge in [-0.15, -0.1) is 0 Å². The summed E-state index contributed by atoms with van der Waals surface area (Å²) in [5.41, 5.74) is 8.87. The van der Waals surface area contributed by atoms with Crippen molar-refractivity contribution in [3.63, 3.8) is 0 Å². The molecule has 0 saturated carbocycles. The molecule has 20 heavy (non-hydrogen) atoms. The SMILES string of the molecule is COC1(Cn2c(C)c(C)c3c(N)ncnc32)CCOC1. The topological polar surface area (TPSA) is 75.2 Å². The third kappa shape index (κ3) is 1.87. The van der Waals surface area contributed by atoms with Crippen LogP contribution in [0.4, 0.5) is 5.82 Å². The molecule has 0 aliphatic carbocycles. The minimum absolute atomic E-state index is 0.275. The summed E-state index contributed by atoms with van der Waals surface area (Å²) in [6.45, 7) is 6.20. The van der Waals surface area contributed by atoms with Crippen LogP contribution in [0, 0.1) is 13.8 Å². The number of methoxy groups -OCH3 is 1. The lowest BCUT2D eigenvalue weighted by Gasteiger charge is -2.27. The molecule has 108 valence electrons. The first-order valence-electron chi connectivity index (χ1n) is 6.77. The fourth-order valence-electron chi connectivity index (χ4n) is 2.92. The van der Waals surface area contributed by atoms with E-state index in [1.54, 1.807) is 7.11 Å². The van der Waals surface area contributed by atoms with Gasteiger partial charge in [0.2, 0.25) is 0 Å². The van der Waals surface area contributed by atoms with Crippen LogP contribution in [0.25, 0.3) is 11.0 Å². The highest BCUT2D eigenvalue weighted by Crippen LogP contribution is 2.31. The quantitative estimate of drug-likeness (QED) is 0.918. The maximum Gasteiger partial charge on any atom is 0.146 e. The number of rotatable bonds is 3. The van der Waals surface area contributed by atoms with Crippen molar-refractivity contribution in [2.24, 2.45) is 0 Å². The Balaban J connectivity index is 2.12. The number of hydrogen-bond acceptors (Lipinski definition) is 5. The van der Waals surface area contributed by atoms with Crippen LogP contribution < -0.4 is 5.73 Å². The molecule has 1 saturated heterocycles. The Morgan fingerprint density at radius 1 is 1.45 bits per heavy atom. The lowest BCUT2D eigenvalue weighted by molar-refractivity contribution is -0.0291. The highest BCUT2D eigenvalue weighted by Gasteiger charge is 2.36. The molecule has 1 atom stereocenters. The van der Waals surface area contributed by atoms with Gasteiger partial charge in [-0.25, -0.2) is 9.97 Å². The predicted octanol–water partition coefficient (Wildman–Crippen LogP) is 1.44. The Labute approximate surface area is 117 Å². The summed E-state index contributed by atoms with van der Waals surface area (Å²) in [6, 6.07) is 0. The van der Waals surface area contributed by atoms with E-state index in [-0.39, 0.29) is 5.60 Å². The highest BCUT2D eigenvalue weighted by atomic mass is 16.5. The summed E-state index contributed by atoms with van der Waals surface area (Å²) >= 11 is 0. The van der Waals surface area contributed by atoms with Gasteiger partial charge in [0.25, 0.3) is 0 Å². The highest BCUT2D eigenvalue weighted by molar-refractivity contribution is 5.90. The zero-order chi connectivity index (χ0) is 14.3. The number of aryl methyl sites for hydroxylation is 1. The van der Waals surface area contributed by atoms with Crippen molar-refractivity contribution in [1.82, 2.24) is 14.5 Å². The van der Waals surface area contributed by atoms with E-state index in [4.69, 9.17) is 15.2 Å². The first-order valence-corrected chi connectivity index (χ1v) is 6.77. The van der Waals surface area contributed by atoms with Crippen molar-refractivity contribution in [3.8, 4) is 0 Å². The van der Waals surface area contributed by atoms with Gasteiger partial charge >= 0.3 is 0 Å². The zero-order valence-corrected chi connectivity index (χ0v) is 12.1. The molecule has 3 heterocycles. The Hall–Kier alpha value is -1.66.